The van der Waals surface area contributed by atoms with E-state index in [4.69, 9.17) is 4.42 Å². The van der Waals surface area contributed by atoms with Crippen LogP contribution in [-0.4, -0.2) is 39.8 Å². The van der Waals surface area contributed by atoms with Crippen molar-refractivity contribution in [3.63, 3.8) is 0 Å². The van der Waals surface area contributed by atoms with Crippen LogP contribution >= 0.6 is 11.8 Å². The zero-order valence-corrected chi connectivity index (χ0v) is 11.6. The fourth-order valence-corrected chi connectivity index (χ4v) is 1.98. The number of aromatic nitrogens is 2. The molecular weight excluding hydrogens is 238 g/mol. The Balaban J connectivity index is 2.47. The molecular formula is C11H19N3O2S. The maximum absolute atomic E-state index is 11.7. The molecule has 0 aliphatic heterocycles. The molecule has 0 N–H and O–H groups in total. The van der Waals surface area contributed by atoms with Gasteiger partial charge in [0, 0.05) is 19.0 Å². The van der Waals surface area contributed by atoms with Crippen molar-refractivity contribution in [2.45, 2.75) is 38.8 Å². The van der Waals surface area contributed by atoms with E-state index >= 15 is 0 Å². The quantitative estimate of drug-likeness (QED) is 0.731. The van der Waals surface area contributed by atoms with E-state index in [0.717, 1.165) is 13.1 Å². The lowest BCUT2D eigenvalue weighted by Crippen LogP contribution is -2.31. The van der Waals surface area contributed by atoms with Gasteiger partial charge in [0.25, 0.3) is 5.22 Å². The van der Waals surface area contributed by atoms with E-state index in [1.54, 1.807) is 4.90 Å². The lowest BCUT2D eigenvalue weighted by molar-refractivity contribution is -0.127. The van der Waals surface area contributed by atoms with Crippen LogP contribution < -0.4 is 0 Å². The van der Waals surface area contributed by atoms with Gasteiger partial charge in [-0.3, -0.25) is 4.79 Å². The number of carbonyl (C=O) groups excluding carboxylic acids is 1. The van der Waals surface area contributed by atoms with Gasteiger partial charge in [0.15, 0.2) is 0 Å². The summed E-state index contributed by atoms with van der Waals surface area (Å²) in [6, 6.07) is 0. The predicted octanol–water partition coefficient (Wildman–Crippen LogP) is 2.15. The van der Waals surface area contributed by atoms with Gasteiger partial charge in [0.2, 0.25) is 11.8 Å². The van der Waals surface area contributed by atoms with Crippen molar-refractivity contribution in [3.8, 4) is 0 Å². The van der Waals surface area contributed by atoms with Crippen molar-refractivity contribution >= 4 is 17.7 Å². The summed E-state index contributed by atoms with van der Waals surface area (Å²) in [4.78, 5) is 13.5. The fourth-order valence-electron chi connectivity index (χ4n) is 1.30. The van der Waals surface area contributed by atoms with Crippen molar-refractivity contribution in [1.82, 2.24) is 15.1 Å². The van der Waals surface area contributed by atoms with Crippen LogP contribution in [0.25, 0.3) is 0 Å². The van der Waals surface area contributed by atoms with E-state index < -0.39 is 0 Å². The highest BCUT2D eigenvalue weighted by molar-refractivity contribution is 7.99. The molecule has 0 spiro atoms. The molecule has 0 saturated carbocycles. The first-order valence-electron chi connectivity index (χ1n) is 5.82. The number of carbonyl (C=O) groups is 1. The molecule has 0 saturated heterocycles. The maximum Gasteiger partial charge on any atom is 0.277 e. The SMILES string of the molecule is CCN(CC)C(=O)CSc1nnc(C(C)C)o1. The molecule has 0 unspecified atom stereocenters. The Labute approximate surface area is 106 Å². The normalized spacial score (nSPS) is 10.9. The van der Waals surface area contributed by atoms with Crippen molar-refractivity contribution in [1.29, 1.82) is 0 Å². The third-order valence-electron chi connectivity index (χ3n) is 2.35. The number of rotatable bonds is 6. The van der Waals surface area contributed by atoms with Gasteiger partial charge in [-0.05, 0) is 13.8 Å². The summed E-state index contributed by atoms with van der Waals surface area (Å²) >= 11 is 1.29. The summed E-state index contributed by atoms with van der Waals surface area (Å²) in [5.41, 5.74) is 0. The van der Waals surface area contributed by atoms with Gasteiger partial charge in [0.05, 0.1) is 5.75 Å². The highest BCUT2D eigenvalue weighted by atomic mass is 32.2. The second-order valence-corrected chi connectivity index (χ2v) is 4.84. The van der Waals surface area contributed by atoms with E-state index in [-0.39, 0.29) is 11.8 Å². The third-order valence-corrected chi connectivity index (χ3v) is 3.15. The molecule has 0 aliphatic rings. The van der Waals surface area contributed by atoms with Gasteiger partial charge in [-0.2, -0.15) is 0 Å². The molecule has 96 valence electrons. The van der Waals surface area contributed by atoms with Crippen LogP contribution in [0.2, 0.25) is 0 Å². The molecule has 5 nitrogen and oxygen atoms in total. The highest BCUT2D eigenvalue weighted by Gasteiger charge is 2.14. The topological polar surface area (TPSA) is 59.2 Å². The lowest BCUT2D eigenvalue weighted by Gasteiger charge is -2.17. The van der Waals surface area contributed by atoms with Gasteiger partial charge in [-0.15, -0.1) is 10.2 Å². The molecule has 1 amide bonds. The standard InChI is InChI=1S/C11H19N3O2S/c1-5-14(6-2)9(15)7-17-11-13-12-10(16-11)8(3)4/h8H,5-7H2,1-4H3. The van der Waals surface area contributed by atoms with Crippen LogP contribution in [-0.2, 0) is 4.79 Å². The monoisotopic (exact) mass is 257 g/mol. The number of hydrogen-bond acceptors (Lipinski definition) is 5. The van der Waals surface area contributed by atoms with Gasteiger partial charge in [-0.1, -0.05) is 25.6 Å². The van der Waals surface area contributed by atoms with Gasteiger partial charge >= 0.3 is 0 Å². The number of thioether (sulfide) groups is 1. The van der Waals surface area contributed by atoms with Crippen LogP contribution in [0.3, 0.4) is 0 Å². The van der Waals surface area contributed by atoms with E-state index in [0.29, 0.717) is 16.9 Å². The van der Waals surface area contributed by atoms with Crippen molar-refractivity contribution < 1.29 is 9.21 Å². The average molecular weight is 257 g/mol. The first kappa shape index (κ1) is 14.0. The van der Waals surface area contributed by atoms with Crippen molar-refractivity contribution in [2.75, 3.05) is 18.8 Å². The van der Waals surface area contributed by atoms with E-state index in [1.807, 2.05) is 27.7 Å². The summed E-state index contributed by atoms with van der Waals surface area (Å²) in [6.45, 7) is 9.38. The number of amides is 1. The summed E-state index contributed by atoms with van der Waals surface area (Å²) in [5.74, 6) is 1.28. The Morgan fingerprint density at radius 3 is 2.47 bits per heavy atom. The molecule has 0 aliphatic carbocycles. The van der Waals surface area contributed by atoms with Crippen LogP contribution in [0.15, 0.2) is 9.64 Å². The first-order chi connectivity index (χ1) is 8.08. The second kappa shape index (κ2) is 6.64. The molecule has 1 aromatic heterocycles. The minimum atomic E-state index is 0.101. The molecule has 0 aromatic carbocycles. The van der Waals surface area contributed by atoms with Crippen LogP contribution in [0.4, 0.5) is 0 Å². The molecule has 0 atom stereocenters. The fraction of sp³-hybridized carbons (Fsp3) is 0.727. The van der Waals surface area contributed by atoms with Crippen molar-refractivity contribution in [3.05, 3.63) is 5.89 Å². The Morgan fingerprint density at radius 2 is 2.00 bits per heavy atom. The Kier molecular flexibility index (Phi) is 5.47. The van der Waals surface area contributed by atoms with Gasteiger partial charge in [-0.25, -0.2) is 0 Å². The smallest absolute Gasteiger partial charge is 0.277 e. The van der Waals surface area contributed by atoms with E-state index in [9.17, 15) is 4.79 Å². The first-order valence-corrected chi connectivity index (χ1v) is 6.81. The number of nitrogens with zero attached hydrogens (tertiary/aromatic N) is 3. The van der Waals surface area contributed by atoms with Crippen LogP contribution in [0, 0.1) is 0 Å². The van der Waals surface area contributed by atoms with Gasteiger partial charge < -0.3 is 9.32 Å². The number of hydrogen-bond donors (Lipinski definition) is 0. The molecule has 6 heteroatoms. The van der Waals surface area contributed by atoms with Crippen LogP contribution in [0.1, 0.15) is 39.5 Å². The molecule has 1 heterocycles. The van der Waals surface area contributed by atoms with Crippen LogP contribution in [0.5, 0.6) is 0 Å². The molecule has 0 fully saturated rings. The maximum atomic E-state index is 11.7. The average Bonchev–Trinajstić information content (AvgIpc) is 2.76. The second-order valence-electron chi connectivity index (χ2n) is 3.92. The van der Waals surface area contributed by atoms with E-state index in [2.05, 4.69) is 10.2 Å². The minimum Gasteiger partial charge on any atom is -0.416 e. The summed E-state index contributed by atoms with van der Waals surface area (Å²) in [6.07, 6.45) is 0. The minimum absolute atomic E-state index is 0.101. The molecule has 1 aromatic rings. The molecule has 1 rings (SSSR count). The molecule has 0 bridgehead atoms. The predicted molar refractivity (Wildman–Crippen MR) is 67.0 cm³/mol. The zero-order valence-electron chi connectivity index (χ0n) is 10.8. The largest absolute Gasteiger partial charge is 0.416 e. The summed E-state index contributed by atoms with van der Waals surface area (Å²) in [7, 11) is 0. The van der Waals surface area contributed by atoms with Crippen molar-refractivity contribution in [2.24, 2.45) is 0 Å². The Morgan fingerprint density at radius 1 is 1.35 bits per heavy atom. The van der Waals surface area contributed by atoms with Gasteiger partial charge in [0.1, 0.15) is 0 Å². The Hall–Kier alpha value is -1.04. The van der Waals surface area contributed by atoms with E-state index in [1.165, 1.54) is 11.8 Å². The lowest BCUT2D eigenvalue weighted by atomic mass is 10.2. The third kappa shape index (κ3) is 4.03. The zero-order chi connectivity index (χ0) is 12.8. The summed E-state index contributed by atoms with van der Waals surface area (Å²) in [5, 5.41) is 8.28. The summed E-state index contributed by atoms with van der Waals surface area (Å²) < 4.78 is 5.41. The Bertz CT molecular complexity index is 361. The molecule has 0 radical (unpaired) electrons. The molecule has 17 heavy (non-hydrogen) atoms. The highest BCUT2D eigenvalue weighted by Crippen LogP contribution is 2.20.